The summed E-state index contributed by atoms with van der Waals surface area (Å²) >= 11 is 0. The highest BCUT2D eigenvalue weighted by atomic mass is 16.2. The largest absolute Gasteiger partial charge is 0.353 e. The molecule has 1 heterocycles. The summed E-state index contributed by atoms with van der Waals surface area (Å²) in [5.41, 5.74) is 2.18. The number of rotatable bonds is 5. The number of nitrogens with one attached hydrogen (secondary N) is 1. The molecule has 1 saturated heterocycles. The van der Waals surface area contributed by atoms with Crippen molar-refractivity contribution in [3.63, 3.8) is 0 Å². The highest BCUT2D eigenvalue weighted by Gasteiger charge is 2.37. The summed E-state index contributed by atoms with van der Waals surface area (Å²) in [6, 6.07) is 8.42. The molecule has 4 nitrogen and oxygen atoms in total. The van der Waals surface area contributed by atoms with Crippen molar-refractivity contribution in [3.05, 3.63) is 29.8 Å². The monoisotopic (exact) mass is 328 g/mol. The predicted octanol–water partition coefficient (Wildman–Crippen LogP) is 3.61. The number of para-hydroxylation sites is 1. The van der Waals surface area contributed by atoms with Crippen LogP contribution in [0.2, 0.25) is 0 Å². The summed E-state index contributed by atoms with van der Waals surface area (Å²) in [6.07, 6.45) is 5.91. The van der Waals surface area contributed by atoms with Crippen LogP contribution in [0.25, 0.3) is 0 Å². The molecular formula is C20H28N2O2. The van der Waals surface area contributed by atoms with Gasteiger partial charge in [0.25, 0.3) is 0 Å². The summed E-state index contributed by atoms with van der Waals surface area (Å²) in [7, 11) is 0. The third kappa shape index (κ3) is 3.47. The smallest absolute Gasteiger partial charge is 0.227 e. The predicted molar refractivity (Wildman–Crippen MR) is 96.0 cm³/mol. The second kappa shape index (κ2) is 7.37. The van der Waals surface area contributed by atoms with Crippen LogP contribution >= 0.6 is 0 Å². The van der Waals surface area contributed by atoms with E-state index in [0.29, 0.717) is 24.9 Å². The molecule has 0 bridgehead atoms. The van der Waals surface area contributed by atoms with Crippen LogP contribution in [0.3, 0.4) is 0 Å². The molecule has 2 aliphatic rings. The summed E-state index contributed by atoms with van der Waals surface area (Å²) in [6.45, 7) is 4.85. The Morgan fingerprint density at radius 3 is 2.71 bits per heavy atom. The first-order chi connectivity index (χ1) is 11.6. The zero-order valence-corrected chi connectivity index (χ0v) is 14.8. The summed E-state index contributed by atoms with van der Waals surface area (Å²) in [5, 5.41) is 3.14. The summed E-state index contributed by atoms with van der Waals surface area (Å²) in [5.74, 6) is 0.305. The Kier molecular flexibility index (Phi) is 5.22. The second-order valence-electron chi connectivity index (χ2n) is 7.26. The maximum atomic E-state index is 12.5. The van der Waals surface area contributed by atoms with Crippen LogP contribution < -0.4 is 10.2 Å². The first-order valence-electron chi connectivity index (χ1n) is 9.29. The Hall–Kier alpha value is -1.84. The topological polar surface area (TPSA) is 49.4 Å². The third-order valence-electron chi connectivity index (χ3n) is 5.57. The van der Waals surface area contributed by atoms with Crippen molar-refractivity contribution in [2.75, 3.05) is 11.4 Å². The van der Waals surface area contributed by atoms with Crippen LogP contribution in [-0.2, 0) is 9.59 Å². The first-order valence-corrected chi connectivity index (χ1v) is 9.29. The standard InChI is InChI=1S/C20H28N2O2/c1-3-14(2)17-10-6-7-11-18(17)22-13-15(12-19(22)23)20(24)21-16-8-4-5-9-16/h6-7,10-11,14-16H,3-5,8-9,12-13H2,1-2H3,(H,21,24). The Morgan fingerprint density at radius 2 is 2.00 bits per heavy atom. The maximum absolute atomic E-state index is 12.5. The second-order valence-corrected chi connectivity index (χ2v) is 7.26. The number of hydrogen-bond acceptors (Lipinski definition) is 2. The normalized spacial score (nSPS) is 22.8. The number of amides is 2. The van der Waals surface area contributed by atoms with E-state index in [0.717, 1.165) is 24.9 Å². The van der Waals surface area contributed by atoms with E-state index in [-0.39, 0.29) is 17.7 Å². The van der Waals surface area contributed by atoms with Gasteiger partial charge in [0.15, 0.2) is 0 Å². The summed E-state index contributed by atoms with van der Waals surface area (Å²) in [4.78, 5) is 26.9. The Labute approximate surface area is 144 Å². The fourth-order valence-corrected chi connectivity index (χ4v) is 3.88. The number of carbonyl (C=O) groups is 2. The molecule has 2 amide bonds. The van der Waals surface area contributed by atoms with E-state index in [2.05, 4.69) is 25.2 Å². The summed E-state index contributed by atoms with van der Waals surface area (Å²) < 4.78 is 0. The van der Waals surface area contributed by atoms with Gasteiger partial charge in [-0.25, -0.2) is 0 Å². The minimum absolute atomic E-state index is 0.0544. The van der Waals surface area contributed by atoms with Crippen LogP contribution in [-0.4, -0.2) is 24.4 Å². The third-order valence-corrected chi connectivity index (χ3v) is 5.57. The number of carbonyl (C=O) groups excluding carboxylic acids is 2. The first kappa shape index (κ1) is 17.0. The Balaban J connectivity index is 1.72. The molecule has 1 aromatic carbocycles. The van der Waals surface area contributed by atoms with Crippen molar-refractivity contribution >= 4 is 17.5 Å². The van der Waals surface area contributed by atoms with Crippen LogP contribution in [0.5, 0.6) is 0 Å². The number of hydrogen-bond donors (Lipinski definition) is 1. The molecule has 0 spiro atoms. The van der Waals surface area contributed by atoms with Crippen molar-refractivity contribution in [3.8, 4) is 0 Å². The molecule has 24 heavy (non-hydrogen) atoms. The molecule has 4 heteroatoms. The van der Waals surface area contributed by atoms with Gasteiger partial charge in [-0.1, -0.05) is 44.9 Å². The highest BCUT2D eigenvalue weighted by molar-refractivity contribution is 6.00. The van der Waals surface area contributed by atoms with Gasteiger partial charge in [-0.3, -0.25) is 9.59 Å². The van der Waals surface area contributed by atoms with Crippen LogP contribution in [0, 0.1) is 5.92 Å². The average molecular weight is 328 g/mol. The van der Waals surface area contributed by atoms with Crippen molar-refractivity contribution in [2.45, 2.75) is 64.3 Å². The van der Waals surface area contributed by atoms with Gasteiger partial charge in [-0.05, 0) is 36.8 Å². The molecule has 1 aromatic rings. The van der Waals surface area contributed by atoms with Crippen molar-refractivity contribution in [1.29, 1.82) is 0 Å². The van der Waals surface area contributed by atoms with E-state index >= 15 is 0 Å². The number of anilines is 1. The molecule has 130 valence electrons. The van der Waals surface area contributed by atoms with Gasteiger partial charge in [0.1, 0.15) is 0 Å². The number of benzene rings is 1. The zero-order valence-electron chi connectivity index (χ0n) is 14.8. The molecule has 2 atom stereocenters. The van der Waals surface area contributed by atoms with Gasteiger partial charge in [-0.15, -0.1) is 0 Å². The lowest BCUT2D eigenvalue weighted by atomic mass is 9.96. The molecule has 0 aromatic heterocycles. The van der Waals surface area contributed by atoms with Gasteiger partial charge in [0.2, 0.25) is 11.8 Å². The van der Waals surface area contributed by atoms with Gasteiger partial charge < -0.3 is 10.2 Å². The Morgan fingerprint density at radius 1 is 1.29 bits per heavy atom. The van der Waals surface area contributed by atoms with E-state index in [1.54, 1.807) is 0 Å². The minimum Gasteiger partial charge on any atom is -0.353 e. The van der Waals surface area contributed by atoms with Gasteiger partial charge in [0.05, 0.1) is 5.92 Å². The van der Waals surface area contributed by atoms with E-state index in [1.165, 1.54) is 18.4 Å². The van der Waals surface area contributed by atoms with E-state index in [9.17, 15) is 9.59 Å². The van der Waals surface area contributed by atoms with Gasteiger partial charge in [0, 0.05) is 24.7 Å². The highest BCUT2D eigenvalue weighted by Crippen LogP contribution is 2.33. The molecule has 3 rings (SSSR count). The minimum atomic E-state index is -0.219. The van der Waals surface area contributed by atoms with E-state index in [4.69, 9.17) is 0 Å². The molecule has 1 saturated carbocycles. The molecule has 2 unspecified atom stereocenters. The van der Waals surface area contributed by atoms with Crippen molar-refractivity contribution in [1.82, 2.24) is 5.32 Å². The van der Waals surface area contributed by atoms with Crippen LogP contribution in [0.15, 0.2) is 24.3 Å². The molecule has 1 aliphatic carbocycles. The van der Waals surface area contributed by atoms with Crippen LogP contribution in [0.1, 0.15) is 63.9 Å². The van der Waals surface area contributed by atoms with Crippen LogP contribution in [0.4, 0.5) is 5.69 Å². The fourth-order valence-electron chi connectivity index (χ4n) is 3.88. The van der Waals surface area contributed by atoms with E-state index < -0.39 is 0 Å². The van der Waals surface area contributed by atoms with Crippen molar-refractivity contribution < 1.29 is 9.59 Å². The molecule has 0 radical (unpaired) electrons. The molecule has 2 fully saturated rings. The van der Waals surface area contributed by atoms with E-state index in [1.807, 2.05) is 23.1 Å². The van der Waals surface area contributed by atoms with Gasteiger partial charge in [-0.2, -0.15) is 0 Å². The average Bonchev–Trinajstić information content (AvgIpc) is 3.23. The maximum Gasteiger partial charge on any atom is 0.227 e. The quantitative estimate of drug-likeness (QED) is 0.897. The molecule has 1 N–H and O–H groups in total. The lowest BCUT2D eigenvalue weighted by molar-refractivity contribution is -0.126. The Bertz CT molecular complexity index is 607. The number of nitrogens with zero attached hydrogens (tertiary/aromatic N) is 1. The lowest BCUT2D eigenvalue weighted by Crippen LogP contribution is -2.38. The fraction of sp³-hybridized carbons (Fsp3) is 0.600. The molecule has 1 aliphatic heterocycles. The zero-order chi connectivity index (χ0) is 17.1. The molecular weight excluding hydrogens is 300 g/mol. The lowest BCUT2D eigenvalue weighted by Gasteiger charge is -2.23. The SMILES string of the molecule is CCC(C)c1ccccc1N1CC(C(=O)NC2CCCC2)CC1=O. The van der Waals surface area contributed by atoms with Gasteiger partial charge >= 0.3 is 0 Å². The van der Waals surface area contributed by atoms with Crippen molar-refractivity contribution in [2.24, 2.45) is 5.92 Å².